The van der Waals surface area contributed by atoms with Gasteiger partial charge in [0.1, 0.15) is 10.0 Å². The molecule has 102 valence electrons. The van der Waals surface area contributed by atoms with Crippen LogP contribution in [-0.2, 0) is 12.6 Å². The van der Waals surface area contributed by atoms with Crippen molar-refractivity contribution in [2.75, 3.05) is 5.88 Å². The Morgan fingerprint density at radius 1 is 1.16 bits per heavy atom. The second-order valence-electron chi connectivity index (χ2n) is 3.84. The fourth-order valence-corrected chi connectivity index (χ4v) is 2.65. The van der Waals surface area contributed by atoms with Gasteiger partial charge in [-0.2, -0.15) is 13.2 Å². The summed E-state index contributed by atoms with van der Waals surface area (Å²) in [5.74, 6) is 0.494. The molecule has 0 saturated heterocycles. The number of aromatic nitrogens is 2. The van der Waals surface area contributed by atoms with Gasteiger partial charge in [0.2, 0.25) is 0 Å². The standard InChI is InChI=1S/C12H10ClF3N2S/c13-7-3-6-10-17-18-11(19-10)8-4-1-2-5-9(8)12(14,15)16/h1-2,4-5H,3,6-7H2. The summed E-state index contributed by atoms with van der Waals surface area (Å²) in [5.41, 5.74) is -0.611. The van der Waals surface area contributed by atoms with E-state index in [9.17, 15) is 13.2 Å². The Morgan fingerprint density at radius 3 is 2.58 bits per heavy atom. The number of aryl methyl sites for hydroxylation is 1. The van der Waals surface area contributed by atoms with Crippen molar-refractivity contribution in [3.63, 3.8) is 0 Å². The van der Waals surface area contributed by atoms with Gasteiger partial charge in [0.25, 0.3) is 0 Å². The molecule has 7 heteroatoms. The average molecular weight is 307 g/mol. The van der Waals surface area contributed by atoms with E-state index in [4.69, 9.17) is 11.6 Å². The summed E-state index contributed by atoms with van der Waals surface area (Å²) in [7, 11) is 0. The maximum absolute atomic E-state index is 12.9. The molecule has 1 aromatic heterocycles. The molecule has 0 saturated carbocycles. The number of benzene rings is 1. The van der Waals surface area contributed by atoms with Crippen LogP contribution in [0.3, 0.4) is 0 Å². The molecule has 1 heterocycles. The van der Waals surface area contributed by atoms with E-state index in [1.54, 1.807) is 6.07 Å². The van der Waals surface area contributed by atoms with Crippen molar-refractivity contribution in [2.24, 2.45) is 0 Å². The third-order valence-corrected chi connectivity index (χ3v) is 3.74. The minimum absolute atomic E-state index is 0.0737. The maximum atomic E-state index is 12.9. The summed E-state index contributed by atoms with van der Waals surface area (Å²) in [6, 6.07) is 5.38. The van der Waals surface area contributed by atoms with E-state index in [0.29, 0.717) is 17.3 Å². The summed E-state index contributed by atoms with van der Waals surface area (Å²) in [6.45, 7) is 0. The molecule has 0 aliphatic heterocycles. The van der Waals surface area contributed by atoms with Gasteiger partial charge in [-0.05, 0) is 12.5 Å². The minimum Gasteiger partial charge on any atom is -0.166 e. The molecule has 0 aliphatic carbocycles. The van der Waals surface area contributed by atoms with Crippen molar-refractivity contribution in [1.29, 1.82) is 0 Å². The highest BCUT2D eigenvalue weighted by molar-refractivity contribution is 7.14. The van der Waals surface area contributed by atoms with E-state index in [2.05, 4.69) is 10.2 Å². The Hall–Kier alpha value is -1.14. The fraction of sp³-hybridized carbons (Fsp3) is 0.333. The quantitative estimate of drug-likeness (QED) is 0.783. The summed E-state index contributed by atoms with van der Waals surface area (Å²) >= 11 is 6.74. The van der Waals surface area contributed by atoms with E-state index in [1.807, 2.05) is 0 Å². The topological polar surface area (TPSA) is 25.8 Å². The van der Waals surface area contributed by atoms with Crippen LogP contribution in [0.2, 0.25) is 0 Å². The summed E-state index contributed by atoms with van der Waals surface area (Å²) in [4.78, 5) is 0. The first-order valence-electron chi connectivity index (χ1n) is 5.57. The molecular formula is C12H10ClF3N2S. The molecule has 0 amide bonds. The molecule has 2 aromatic rings. The third-order valence-electron chi connectivity index (χ3n) is 2.45. The minimum atomic E-state index is -4.39. The molecule has 0 aliphatic rings. The van der Waals surface area contributed by atoms with Crippen molar-refractivity contribution in [3.8, 4) is 10.6 Å². The van der Waals surface area contributed by atoms with Gasteiger partial charge >= 0.3 is 6.18 Å². The predicted octanol–water partition coefficient (Wildman–Crippen LogP) is 4.40. The van der Waals surface area contributed by atoms with Gasteiger partial charge in [-0.3, -0.25) is 0 Å². The number of hydrogen-bond donors (Lipinski definition) is 0. The number of rotatable bonds is 4. The molecule has 0 unspecified atom stereocenters. The van der Waals surface area contributed by atoms with E-state index >= 15 is 0 Å². The van der Waals surface area contributed by atoms with Crippen LogP contribution in [0.5, 0.6) is 0 Å². The highest BCUT2D eigenvalue weighted by Crippen LogP contribution is 2.37. The van der Waals surface area contributed by atoms with Crippen LogP contribution >= 0.6 is 22.9 Å². The number of hydrogen-bond acceptors (Lipinski definition) is 3. The molecule has 19 heavy (non-hydrogen) atoms. The molecule has 0 bridgehead atoms. The molecule has 0 radical (unpaired) electrons. The molecule has 0 fully saturated rings. The lowest BCUT2D eigenvalue weighted by Gasteiger charge is -2.09. The smallest absolute Gasteiger partial charge is 0.166 e. The van der Waals surface area contributed by atoms with Crippen molar-refractivity contribution in [2.45, 2.75) is 19.0 Å². The second-order valence-corrected chi connectivity index (χ2v) is 5.28. The van der Waals surface area contributed by atoms with Crippen molar-refractivity contribution in [1.82, 2.24) is 10.2 Å². The van der Waals surface area contributed by atoms with Gasteiger partial charge in [-0.25, -0.2) is 0 Å². The zero-order valence-corrected chi connectivity index (χ0v) is 11.3. The molecule has 2 nitrogen and oxygen atoms in total. The highest BCUT2D eigenvalue weighted by Gasteiger charge is 2.34. The van der Waals surface area contributed by atoms with E-state index in [1.165, 1.54) is 23.5 Å². The number of halogens is 4. The van der Waals surface area contributed by atoms with Gasteiger partial charge in [-0.15, -0.1) is 21.8 Å². The molecule has 0 atom stereocenters. The Kier molecular flexibility index (Phi) is 4.42. The molecular weight excluding hydrogens is 297 g/mol. The normalized spacial score (nSPS) is 11.8. The molecule has 0 N–H and O–H groups in total. The molecule has 1 aromatic carbocycles. The van der Waals surface area contributed by atoms with Crippen LogP contribution in [-0.4, -0.2) is 16.1 Å². The molecule has 0 spiro atoms. The summed E-state index contributed by atoms with van der Waals surface area (Å²) in [5, 5.41) is 8.73. The van der Waals surface area contributed by atoms with E-state index in [-0.39, 0.29) is 10.6 Å². The second kappa shape index (κ2) is 5.88. The zero-order chi connectivity index (χ0) is 13.9. The van der Waals surface area contributed by atoms with E-state index < -0.39 is 11.7 Å². The van der Waals surface area contributed by atoms with Crippen molar-refractivity contribution < 1.29 is 13.2 Å². The SMILES string of the molecule is FC(F)(F)c1ccccc1-c1nnc(CCCCl)s1. The van der Waals surface area contributed by atoms with Crippen LogP contribution in [0.1, 0.15) is 17.0 Å². The lowest BCUT2D eigenvalue weighted by molar-refractivity contribution is -0.137. The van der Waals surface area contributed by atoms with Gasteiger partial charge in [0.05, 0.1) is 5.56 Å². The summed E-state index contributed by atoms with van der Waals surface area (Å²) < 4.78 is 38.6. The monoisotopic (exact) mass is 306 g/mol. The van der Waals surface area contributed by atoms with Gasteiger partial charge in [0, 0.05) is 17.9 Å². The fourth-order valence-electron chi connectivity index (χ4n) is 1.60. The van der Waals surface area contributed by atoms with Gasteiger partial charge in [-0.1, -0.05) is 29.5 Å². The third kappa shape index (κ3) is 3.45. The highest BCUT2D eigenvalue weighted by atomic mass is 35.5. The predicted molar refractivity (Wildman–Crippen MR) is 69.4 cm³/mol. The van der Waals surface area contributed by atoms with Crippen LogP contribution in [0, 0.1) is 0 Å². The van der Waals surface area contributed by atoms with Crippen LogP contribution in [0.25, 0.3) is 10.6 Å². The van der Waals surface area contributed by atoms with E-state index in [0.717, 1.165) is 12.5 Å². The Balaban J connectivity index is 2.34. The first-order chi connectivity index (χ1) is 9.02. The lowest BCUT2D eigenvalue weighted by atomic mass is 10.1. The average Bonchev–Trinajstić information content (AvgIpc) is 2.84. The largest absolute Gasteiger partial charge is 0.417 e. The van der Waals surface area contributed by atoms with Gasteiger partial charge in [0.15, 0.2) is 0 Å². The van der Waals surface area contributed by atoms with Gasteiger partial charge < -0.3 is 0 Å². The Bertz CT molecular complexity index is 554. The zero-order valence-electron chi connectivity index (χ0n) is 9.75. The van der Waals surface area contributed by atoms with Crippen LogP contribution in [0.15, 0.2) is 24.3 Å². The van der Waals surface area contributed by atoms with Crippen molar-refractivity contribution in [3.05, 3.63) is 34.8 Å². The van der Waals surface area contributed by atoms with Crippen LogP contribution < -0.4 is 0 Å². The molecule has 2 rings (SSSR count). The summed E-state index contributed by atoms with van der Waals surface area (Å²) in [6.07, 6.45) is -3.02. The maximum Gasteiger partial charge on any atom is 0.417 e. The Morgan fingerprint density at radius 2 is 1.89 bits per heavy atom. The van der Waals surface area contributed by atoms with Crippen LogP contribution in [0.4, 0.5) is 13.2 Å². The Labute approximate surface area is 117 Å². The first kappa shape index (κ1) is 14.3. The number of nitrogens with zero attached hydrogens (tertiary/aromatic N) is 2. The van der Waals surface area contributed by atoms with Crippen molar-refractivity contribution >= 4 is 22.9 Å². The first-order valence-corrected chi connectivity index (χ1v) is 6.92. The number of alkyl halides is 4. The lowest BCUT2D eigenvalue weighted by Crippen LogP contribution is -2.06.